The molecule has 5 heteroatoms. The van der Waals surface area contributed by atoms with Gasteiger partial charge in [-0.15, -0.1) is 0 Å². The first-order valence-electron chi connectivity index (χ1n) is 9.47. The van der Waals surface area contributed by atoms with Crippen LogP contribution in [0.4, 0.5) is 5.69 Å². The van der Waals surface area contributed by atoms with E-state index in [1.807, 2.05) is 48.5 Å². The van der Waals surface area contributed by atoms with Crippen LogP contribution in [0.25, 0.3) is 0 Å². The minimum Gasteiger partial charge on any atom is -0.497 e. The second kappa shape index (κ2) is 9.64. The molecule has 3 aromatic rings. The topological polar surface area (TPSA) is 56.8 Å². The maximum atomic E-state index is 12.8. The second-order valence-electron chi connectivity index (χ2n) is 6.46. The van der Waals surface area contributed by atoms with Crippen LogP contribution in [-0.2, 0) is 13.0 Å². The molecule has 3 aromatic carbocycles. The lowest BCUT2D eigenvalue weighted by Crippen LogP contribution is -2.14. The Bertz CT molecular complexity index is 967. The molecule has 0 fully saturated rings. The van der Waals surface area contributed by atoms with Gasteiger partial charge in [-0.3, -0.25) is 4.79 Å². The standard InChI is InChI=1S/C24H25NO4/c1-4-17-7-5-6-8-22(17)25-24(26)18-9-14-23(28-3)19(15-18)16-29-21-12-10-20(27-2)11-13-21/h5-15H,4,16H2,1-3H3,(H,25,26). The number of aryl methyl sites for hydroxylation is 1. The number of hydrogen-bond donors (Lipinski definition) is 1. The van der Waals surface area contributed by atoms with Crippen LogP contribution in [0.5, 0.6) is 17.2 Å². The van der Waals surface area contributed by atoms with E-state index < -0.39 is 0 Å². The third kappa shape index (κ3) is 5.08. The Morgan fingerprint density at radius 1 is 0.862 bits per heavy atom. The average molecular weight is 391 g/mol. The van der Waals surface area contributed by atoms with E-state index in [0.29, 0.717) is 17.1 Å². The molecule has 1 amide bonds. The van der Waals surface area contributed by atoms with Crippen molar-refractivity contribution in [2.45, 2.75) is 20.0 Å². The Labute approximate surface area is 171 Å². The maximum absolute atomic E-state index is 12.8. The molecular weight excluding hydrogens is 366 g/mol. The average Bonchev–Trinajstić information content (AvgIpc) is 2.78. The first-order valence-corrected chi connectivity index (χ1v) is 9.47. The van der Waals surface area contributed by atoms with Crippen LogP contribution < -0.4 is 19.5 Å². The van der Waals surface area contributed by atoms with Gasteiger partial charge >= 0.3 is 0 Å². The van der Waals surface area contributed by atoms with Gasteiger partial charge in [-0.2, -0.15) is 0 Å². The quantitative estimate of drug-likeness (QED) is 0.581. The van der Waals surface area contributed by atoms with Gasteiger partial charge in [0.15, 0.2) is 0 Å². The third-order valence-electron chi connectivity index (χ3n) is 4.64. The summed E-state index contributed by atoms with van der Waals surface area (Å²) >= 11 is 0. The number of methoxy groups -OCH3 is 2. The van der Waals surface area contributed by atoms with Crippen molar-refractivity contribution in [3.05, 3.63) is 83.4 Å². The highest BCUT2D eigenvalue weighted by atomic mass is 16.5. The molecule has 29 heavy (non-hydrogen) atoms. The van der Waals surface area contributed by atoms with E-state index >= 15 is 0 Å². The van der Waals surface area contributed by atoms with Gasteiger partial charge in [0.05, 0.1) is 14.2 Å². The molecule has 0 bridgehead atoms. The summed E-state index contributed by atoms with van der Waals surface area (Å²) in [4.78, 5) is 12.8. The highest BCUT2D eigenvalue weighted by Crippen LogP contribution is 2.24. The summed E-state index contributed by atoms with van der Waals surface area (Å²) in [5.74, 6) is 1.98. The fraction of sp³-hybridized carbons (Fsp3) is 0.208. The Hall–Kier alpha value is -3.47. The van der Waals surface area contributed by atoms with Crippen LogP contribution in [0, 0.1) is 0 Å². The minimum atomic E-state index is -0.167. The van der Waals surface area contributed by atoms with Crippen LogP contribution >= 0.6 is 0 Å². The van der Waals surface area contributed by atoms with Crippen LogP contribution in [0.1, 0.15) is 28.4 Å². The lowest BCUT2D eigenvalue weighted by Gasteiger charge is -2.13. The van der Waals surface area contributed by atoms with Gasteiger partial charge in [-0.25, -0.2) is 0 Å². The lowest BCUT2D eigenvalue weighted by molar-refractivity contribution is 0.102. The van der Waals surface area contributed by atoms with Crippen molar-refractivity contribution in [1.29, 1.82) is 0 Å². The predicted octanol–water partition coefficient (Wildman–Crippen LogP) is 5.10. The molecule has 5 nitrogen and oxygen atoms in total. The fourth-order valence-corrected chi connectivity index (χ4v) is 3.01. The highest BCUT2D eigenvalue weighted by molar-refractivity contribution is 6.04. The maximum Gasteiger partial charge on any atom is 0.255 e. The van der Waals surface area contributed by atoms with Gasteiger partial charge in [0, 0.05) is 16.8 Å². The largest absolute Gasteiger partial charge is 0.497 e. The minimum absolute atomic E-state index is 0.167. The van der Waals surface area contributed by atoms with Crippen LogP contribution in [0.15, 0.2) is 66.7 Å². The first kappa shape index (κ1) is 20.3. The Kier molecular flexibility index (Phi) is 6.74. The Morgan fingerprint density at radius 3 is 2.28 bits per heavy atom. The van der Waals surface area contributed by atoms with E-state index in [2.05, 4.69) is 12.2 Å². The van der Waals surface area contributed by atoms with Crippen molar-refractivity contribution in [2.24, 2.45) is 0 Å². The summed E-state index contributed by atoms with van der Waals surface area (Å²) in [6.45, 7) is 2.34. The van der Waals surface area contributed by atoms with E-state index in [1.54, 1.807) is 32.4 Å². The summed E-state index contributed by atoms with van der Waals surface area (Å²) < 4.78 is 16.4. The van der Waals surface area contributed by atoms with Crippen molar-refractivity contribution < 1.29 is 19.0 Å². The number of amides is 1. The number of anilines is 1. The summed E-state index contributed by atoms with van der Waals surface area (Å²) in [5.41, 5.74) is 3.26. The van der Waals surface area contributed by atoms with Crippen molar-refractivity contribution in [2.75, 3.05) is 19.5 Å². The molecule has 0 aliphatic heterocycles. The number of carbonyl (C=O) groups excluding carboxylic acids is 1. The Balaban J connectivity index is 1.75. The number of hydrogen-bond acceptors (Lipinski definition) is 4. The molecule has 0 radical (unpaired) electrons. The zero-order valence-electron chi connectivity index (χ0n) is 16.9. The molecule has 1 N–H and O–H groups in total. The number of carbonyl (C=O) groups is 1. The highest BCUT2D eigenvalue weighted by Gasteiger charge is 2.12. The zero-order chi connectivity index (χ0) is 20.6. The number of para-hydroxylation sites is 1. The summed E-state index contributed by atoms with van der Waals surface area (Å²) in [5, 5.41) is 2.99. The smallest absolute Gasteiger partial charge is 0.255 e. The van der Waals surface area contributed by atoms with Crippen molar-refractivity contribution in [1.82, 2.24) is 0 Å². The summed E-state index contributed by atoms with van der Waals surface area (Å²) in [7, 11) is 3.22. The van der Waals surface area contributed by atoms with Gasteiger partial charge in [0.2, 0.25) is 0 Å². The normalized spacial score (nSPS) is 10.3. The molecule has 0 aromatic heterocycles. The predicted molar refractivity (Wildman–Crippen MR) is 114 cm³/mol. The van der Waals surface area contributed by atoms with Crippen LogP contribution in [0.3, 0.4) is 0 Å². The van der Waals surface area contributed by atoms with E-state index in [-0.39, 0.29) is 12.5 Å². The first-order chi connectivity index (χ1) is 14.1. The molecular formula is C24H25NO4. The van der Waals surface area contributed by atoms with Gasteiger partial charge in [0.1, 0.15) is 23.9 Å². The van der Waals surface area contributed by atoms with Gasteiger partial charge < -0.3 is 19.5 Å². The van der Waals surface area contributed by atoms with Crippen LogP contribution in [-0.4, -0.2) is 20.1 Å². The van der Waals surface area contributed by atoms with Crippen molar-refractivity contribution >= 4 is 11.6 Å². The molecule has 0 aliphatic rings. The molecule has 0 saturated heterocycles. The second-order valence-corrected chi connectivity index (χ2v) is 6.46. The number of benzene rings is 3. The van der Waals surface area contributed by atoms with Crippen molar-refractivity contribution in [3.63, 3.8) is 0 Å². The zero-order valence-corrected chi connectivity index (χ0v) is 16.9. The molecule has 0 atom stereocenters. The summed E-state index contributed by atoms with van der Waals surface area (Å²) in [6.07, 6.45) is 0.847. The third-order valence-corrected chi connectivity index (χ3v) is 4.64. The van der Waals surface area contributed by atoms with Crippen molar-refractivity contribution in [3.8, 4) is 17.2 Å². The Morgan fingerprint density at radius 2 is 1.59 bits per heavy atom. The molecule has 3 rings (SSSR count). The lowest BCUT2D eigenvalue weighted by atomic mass is 10.1. The summed E-state index contributed by atoms with van der Waals surface area (Å²) in [6, 6.07) is 20.5. The van der Waals surface area contributed by atoms with E-state index in [1.165, 1.54) is 0 Å². The van der Waals surface area contributed by atoms with Gasteiger partial charge in [-0.1, -0.05) is 25.1 Å². The molecule has 0 spiro atoms. The monoisotopic (exact) mass is 391 g/mol. The van der Waals surface area contributed by atoms with E-state index in [0.717, 1.165) is 29.0 Å². The molecule has 0 aliphatic carbocycles. The van der Waals surface area contributed by atoms with Gasteiger partial charge in [-0.05, 0) is 60.5 Å². The molecule has 150 valence electrons. The molecule has 0 heterocycles. The van der Waals surface area contributed by atoms with E-state index in [4.69, 9.17) is 14.2 Å². The van der Waals surface area contributed by atoms with Gasteiger partial charge in [0.25, 0.3) is 5.91 Å². The van der Waals surface area contributed by atoms with Crippen LogP contribution in [0.2, 0.25) is 0 Å². The van der Waals surface area contributed by atoms with E-state index in [9.17, 15) is 4.79 Å². The fourth-order valence-electron chi connectivity index (χ4n) is 3.01. The molecule has 0 unspecified atom stereocenters. The number of rotatable bonds is 8. The SMILES string of the molecule is CCc1ccccc1NC(=O)c1ccc(OC)c(COc2ccc(OC)cc2)c1. The number of nitrogens with one attached hydrogen (secondary N) is 1. The molecule has 0 saturated carbocycles. The number of ether oxygens (including phenoxy) is 3.